The fraction of sp³-hybridized carbons (Fsp3) is 0.188. The van der Waals surface area contributed by atoms with Gasteiger partial charge in [-0.25, -0.2) is 10.9 Å². The van der Waals surface area contributed by atoms with Crippen molar-refractivity contribution < 1.29 is 18.0 Å². The molecule has 1 fully saturated rings. The molecule has 24 heavy (non-hydrogen) atoms. The summed E-state index contributed by atoms with van der Waals surface area (Å²) in [6, 6.07) is 12.8. The number of carbonyl (C=O) groups excluding carboxylic acids is 1. The summed E-state index contributed by atoms with van der Waals surface area (Å²) in [4.78, 5) is 12.5. The molecule has 2 aromatic carbocycles. The summed E-state index contributed by atoms with van der Waals surface area (Å²) < 4.78 is 39.1. The molecule has 0 saturated carbocycles. The highest BCUT2D eigenvalue weighted by molar-refractivity contribution is 5.96. The lowest BCUT2D eigenvalue weighted by Crippen LogP contribution is -2.42. The summed E-state index contributed by atoms with van der Waals surface area (Å²) in [6.07, 6.45) is -4.54. The van der Waals surface area contributed by atoms with E-state index in [4.69, 9.17) is 0 Å². The van der Waals surface area contributed by atoms with E-state index in [9.17, 15) is 18.0 Å². The second kappa shape index (κ2) is 6.60. The summed E-state index contributed by atoms with van der Waals surface area (Å²) in [5.74, 6) is -0.571. The molecule has 1 saturated heterocycles. The fourth-order valence-electron chi connectivity index (χ4n) is 2.57. The van der Waals surface area contributed by atoms with Crippen molar-refractivity contribution in [1.82, 2.24) is 16.4 Å². The van der Waals surface area contributed by atoms with E-state index in [2.05, 4.69) is 21.7 Å². The predicted octanol–water partition coefficient (Wildman–Crippen LogP) is 2.37. The lowest BCUT2D eigenvalue weighted by atomic mass is 10.00. The van der Waals surface area contributed by atoms with Crippen molar-refractivity contribution in [3.05, 3.63) is 65.7 Å². The van der Waals surface area contributed by atoms with Crippen molar-refractivity contribution in [3.63, 3.8) is 0 Å². The van der Waals surface area contributed by atoms with E-state index in [1.165, 1.54) is 18.2 Å². The van der Waals surface area contributed by atoms with Crippen LogP contribution in [0.25, 0.3) is 0 Å². The molecule has 8 heteroatoms. The molecule has 2 atom stereocenters. The van der Waals surface area contributed by atoms with Crippen molar-refractivity contribution >= 4 is 11.6 Å². The highest BCUT2D eigenvalue weighted by Gasteiger charge is 2.37. The summed E-state index contributed by atoms with van der Waals surface area (Å²) in [5, 5.41) is 2.36. The first-order valence-electron chi connectivity index (χ1n) is 7.25. The monoisotopic (exact) mass is 336 g/mol. The van der Waals surface area contributed by atoms with Gasteiger partial charge in [0.15, 0.2) is 0 Å². The standard InChI is InChI=1S/C16H15F3N4O/c17-16(18,19)11-8-4-5-9-12(11)20-15(24)14-13(21-23-22-14)10-6-2-1-3-7-10/h1-9,13-14,21-23H,(H,20,24). The van der Waals surface area contributed by atoms with Gasteiger partial charge in [0.1, 0.15) is 6.04 Å². The van der Waals surface area contributed by atoms with Crippen molar-refractivity contribution in [3.8, 4) is 0 Å². The Morgan fingerprint density at radius 2 is 1.62 bits per heavy atom. The van der Waals surface area contributed by atoms with E-state index >= 15 is 0 Å². The minimum atomic E-state index is -4.54. The highest BCUT2D eigenvalue weighted by Crippen LogP contribution is 2.34. The molecule has 1 aliphatic heterocycles. The average molecular weight is 336 g/mol. The molecule has 126 valence electrons. The lowest BCUT2D eigenvalue weighted by molar-refractivity contribution is -0.137. The molecular formula is C16H15F3N4O. The van der Waals surface area contributed by atoms with E-state index in [0.29, 0.717) is 0 Å². The van der Waals surface area contributed by atoms with E-state index in [0.717, 1.165) is 11.6 Å². The maximum absolute atomic E-state index is 13.0. The zero-order chi connectivity index (χ0) is 17.2. The third kappa shape index (κ3) is 3.40. The van der Waals surface area contributed by atoms with Crippen LogP contribution in [0, 0.1) is 0 Å². The number of nitrogens with one attached hydrogen (secondary N) is 4. The maximum atomic E-state index is 13.0. The number of anilines is 1. The Bertz CT molecular complexity index is 721. The normalized spacial score (nSPS) is 20.8. The Morgan fingerprint density at radius 3 is 2.33 bits per heavy atom. The number of carbonyl (C=O) groups is 1. The van der Waals surface area contributed by atoms with Crippen LogP contribution in [0.5, 0.6) is 0 Å². The van der Waals surface area contributed by atoms with Crippen molar-refractivity contribution in [2.75, 3.05) is 5.32 Å². The van der Waals surface area contributed by atoms with Crippen LogP contribution < -0.4 is 21.7 Å². The first-order chi connectivity index (χ1) is 11.5. The van der Waals surface area contributed by atoms with Gasteiger partial charge in [-0.1, -0.05) is 42.5 Å². The van der Waals surface area contributed by atoms with Crippen LogP contribution in [0.15, 0.2) is 54.6 Å². The smallest absolute Gasteiger partial charge is 0.324 e. The molecule has 1 aliphatic rings. The van der Waals surface area contributed by atoms with E-state index in [1.807, 2.05) is 30.3 Å². The van der Waals surface area contributed by atoms with E-state index in [-0.39, 0.29) is 5.69 Å². The minimum absolute atomic E-state index is 0.268. The van der Waals surface area contributed by atoms with Gasteiger partial charge in [-0.3, -0.25) is 4.79 Å². The third-order valence-electron chi connectivity index (χ3n) is 3.72. The van der Waals surface area contributed by atoms with Crippen LogP contribution in [0.4, 0.5) is 18.9 Å². The van der Waals surface area contributed by atoms with E-state index in [1.54, 1.807) is 0 Å². The molecule has 2 unspecified atom stereocenters. The molecule has 0 bridgehead atoms. The first-order valence-corrected chi connectivity index (χ1v) is 7.25. The number of para-hydroxylation sites is 1. The van der Waals surface area contributed by atoms with E-state index < -0.39 is 29.7 Å². The van der Waals surface area contributed by atoms with Crippen molar-refractivity contribution in [1.29, 1.82) is 0 Å². The fourth-order valence-corrected chi connectivity index (χ4v) is 2.57. The minimum Gasteiger partial charge on any atom is -0.324 e. The molecule has 0 aliphatic carbocycles. The van der Waals surface area contributed by atoms with Crippen LogP contribution in [-0.4, -0.2) is 11.9 Å². The summed E-state index contributed by atoms with van der Waals surface area (Å²) in [6.45, 7) is 0. The van der Waals surface area contributed by atoms with Gasteiger partial charge in [0.2, 0.25) is 5.91 Å². The van der Waals surface area contributed by atoms with Gasteiger partial charge < -0.3 is 5.32 Å². The first kappa shape index (κ1) is 16.4. The molecular weight excluding hydrogens is 321 g/mol. The van der Waals surface area contributed by atoms with Gasteiger partial charge in [0.05, 0.1) is 17.3 Å². The number of hydrogen-bond donors (Lipinski definition) is 4. The molecule has 2 aromatic rings. The number of benzene rings is 2. The van der Waals surface area contributed by atoms with Crippen LogP contribution in [0.1, 0.15) is 17.2 Å². The average Bonchev–Trinajstić information content (AvgIpc) is 3.05. The number of rotatable bonds is 3. The van der Waals surface area contributed by atoms with Gasteiger partial charge in [-0.2, -0.15) is 18.7 Å². The second-order valence-corrected chi connectivity index (χ2v) is 5.31. The number of alkyl halides is 3. The van der Waals surface area contributed by atoms with Gasteiger partial charge in [0.25, 0.3) is 0 Å². The Kier molecular flexibility index (Phi) is 4.52. The summed E-state index contributed by atoms with van der Waals surface area (Å²) in [5.41, 5.74) is 7.95. The highest BCUT2D eigenvalue weighted by atomic mass is 19.4. The zero-order valence-corrected chi connectivity index (χ0v) is 12.4. The van der Waals surface area contributed by atoms with Crippen LogP contribution in [0.3, 0.4) is 0 Å². The SMILES string of the molecule is O=C(Nc1ccccc1C(F)(F)F)C1NNNC1c1ccccc1. The quantitative estimate of drug-likeness (QED) is 0.695. The Labute approximate surface area is 136 Å². The van der Waals surface area contributed by atoms with Gasteiger partial charge in [-0.15, -0.1) is 0 Å². The summed E-state index contributed by atoms with van der Waals surface area (Å²) in [7, 11) is 0. The molecule has 1 amide bonds. The largest absolute Gasteiger partial charge is 0.418 e. The molecule has 3 rings (SSSR count). The van der Waals surface area contributed by atoms with Crippen LogP contribution in [-0.2, 0) is 11.0 Å². The second-order valence-electron chi connectivity index (χ2n) is 5.31. The lowest BCUT2D eigenvalue weighted by Gasteiger charge is -2.19. The number of hydrogen-bond acceptors (Lipinski definition) is 4. The molecule has 0 radical (unpaired) electrons. The van der Waals surface area contributed by atoms with Gasteiger partial charge >= 0.3 is 6.18 Å². The van der Waals surface area contributed by atoms with Crippen molar-refractivity contribution in [2.45, 2.75) is 18.3 Å². The zero-order valence-electron chi connectivity index (χ0n) is 12.4. The molecule has 5 nitrogen and oxygen atoms in total. The number of amides is 1. The summed E-state index contributed by atoms with van der Waals surface area (Å²) >= 11 is 0. The van der Waals surface area contributed by atoms with Crippen LogP contribution in [0.2, 0.25) is 0 Å². The topological polar surface area (TPSA) is 65.2 Å². The van der Waals surface area contributed by atoms with Crippen LogP contribution >= 0.6 is 0 Å². The molecule has 1 heterocycles. The molecule has 4 N–H and O–H groups in total. The maximum Gasteiger partial charge on any atom is 0.418 e. The third-order valence-corrected chi connectivity index (χ3v) is 3.72. The Balaban J connectivity index is 1.81. The molecule has 0 aromatic heterocycles. The van der Waals surface area contributed by atoms with Gasteiger partial charge in [-0.05, 0) is 17.7 Å². The predicted molar refractivity (Wildman–Crippen MR) is 82.5 cm³/mol. The number of halogens is 3. The number of hydrazine groups is 2. The van der Waals surface area contributed by atoms with Crippen molar-refractivity contribution in [2.24, 2.45) is 0 Å². The Morgan fingerprint density at radius 1 is 0.958 bits per heavy atom. The van der Waals surface area contributed by atoms with Gasteiger partial charge in [0, 0.05) is 0 Å². The molecule has 0 spiro atoms. The Hall–Kier alpha value is -2.42.